The highest BCUT2D eigenvalue weighted by Gasteiger charge is 2.23. The smallest absolute Gasteiger partial charge is 0.404 e. The van der Waals surface area contributed by atoms with Crippen molar-refractivity contribution in [1.29, 1.82) is 0 Å². The molecule has 0 spiro atoms. The normalized spacial score (nSPS) is 13.6. The Balaban J connectivity index is 2.04. The summed E-state index contributed by atoms with van der Waals surface area (Å²) in [7, 11) is 0. The van der Waals surface area contributed by atoms with Gasteiger partial charge in [0.2, 0.25) is 0 Å². The fourth-order valence-electron chi connectivity index (χ4n) is 3.46. The summed E-state index contributed by atoms with van der Waals surface area (Å²) < 4.78 is 1.81. The van der Waals surface area contributed by atoms with E-state index >= 15 is 0 Å². The first kappa shape index (κ1) is 26.4. The molecule has 33 heavy (non-hydrogen) atoms. The number of aliphatic imine (C=N–C) groups is 1. The van der Waals surface area contributed by atoms with E-state index in [4.69, 9.17) is 10.8 Å². The number of hydrogen-bond acceptors (Lipinski definition) is 6. The summed E-state index contributed by atoms with van der Waals surface area (Å²) in [4.78, 5) is 28.2. The van der Waals surface area contributed by atoms with Crippen molar-refractivity contribution in [3.63, 3.8) is 0 Å². The van der Waals surface area contributed by atoms with Crippen LogP contribution in [0.5, 0.6) is 0 Å². The third-order valence-electron chi connectivity index (χ3n) is 5.20. The van der Waals surface area contributed by atoms with Gasteiger partial charge < -0.3 is 16.2 Å². The number of aromatic nitrogens is 2. The van der Waals surface area contributed by atoms with Crippen molar-refractivity contribution in [2.24, 2.45) is 16.1 Å². The number of amidine groups is 1. The summed E-state index contributed by atoms with van der Waals surface area (Å²) in [5, 5.41) is 17.2. The maximum Gasteiger partial charge on any atom is 0.404 e. The van der Waals surface area contributed by atoms with E-state index in [0.717, 1.165) is 32.1 Å². The number of carboxylic acid groups (broad SMARTS) is 1. The van der Waals surface area contributed by atoms with E-state index in [-0.39, 0.29) is 17.7 Å². The summed E-state index contributed by atoms with van der Waals surface area (Å²) in [5.41, 5.74) is 11.5. The minimum Gasteiger partial charge on any atom is -0.465 e. The summed E-state index contributed by atoms with van der Waals surface area (Å²) in [6.07, 6.45) is 7.21. The number of nitrogens with zero attached hydrogens (tertiary/aromatic N) is 4. The van der Waals surface area contributed by atoms with E-state index < -0.39 is 6.09 Å². The molecule has 10 heteroatoms. The van der Waals surface area contributed by atoms with E-state index in [2.05, 4.69) is 41.6 Å². The topological polar surface area (TPSA) is 138 Å². The van der Waals surface area contributed by atoms with Gasteiger partial charge in [0.15, 0.2) is 0 Å². The Kier molecular flexibility index (Phi) is 9.90. The zero-order valence-corrected chi connectivity index (χ0v) is 20.4. The van der Waals surface area contributed by atoms with Crippen molar-refractivity contribution in [2.75, 3.05) is 19.6 Å². The van der Waals surface area contributed by atoms with Crippen LogP contribution in [-0.4, -0.2) is 57.4 Å². The Labute approximate surface area is 196 Å². The van der Waals surface area contributed by atoms with Crippen molar-refractivity contribution in [1.82, 2.24) is 25.5 Å². The Morgan fingerprint density at radius 3 is 2.67 bits per heavy atom. The number of carbonyl (C=O) groups excluding carboxylic acids is 1. The molecule has 10 nitrogen and oxygen atoms in total. The van der Waals surface area contributed by atoms with Crippen molar-refractivity contribution in [3.8, 4) is 0 Å². The zero-order valence-electron chi connectivity index (χ0n) is 20.4. The van der Waals surface area contributed by atoms with Gasteiger partial charge in [-0.1, -0.05) is 27.7 Å². The van der Waals surface area contributed by atoms with Gasteiger partial charge in [0, 0.05) is 38.2 Å². The Morgan fingerprint density at radius 2 is 2.00 bits per heavy atom. The maximum absolute atomic E-state index is 13.3. The molecule has 5 N–H and O–H groups in total. The second-order valence-corrected chi connectivity index (χ2v) is 9.58. The van der Waals surface area contributed by atoms with Gasteiger partial charge in [-0.15, -0.1) is 0 Å². The lowest BCUT2D eigenvalue weighted by Gasteiger charge is -2.26. The Hall–Kier alpha value is -2.88. The molecular weight excluding hydrogens is 422 g/mol. The zero-order chi connectivity index (χ0) is 24.4. The average Bonchev–Trinajstić information content (AvgIpc) is 3.01. The van der Waals surface area contributed by atoms with Crippen LogP contribution in [0.15, 0.2) is 16.8 Å². The lowest BCUT2D eigenvalue weighted by Crippen LogP contribution is -2.45. The number of rotatable bonds is 12. The van der Waals surface area contributed by atoms with Crippen molar-refractivity contribution >= 4 is 29.6 Å². The lowest BCUT2D eigenvalue weighted by molar-refractivity contribution is -0.130. The molecule has 1 aromatic heterocycles. The van der Waals surface area contributed by atoms with Gasteiger partial charge in [-0.05, 0) is 43.6 Å². The van der Waals surface area contributed by atoms with Crippen LogP contribution in [0.25, 0.3) is 6.08 Å². The van der Waals surface area contributed by atoms with Gasteiger partial charge in [-0.3, -0.25) is 14.5 Å². The number of hydrazine groups is 1. The molecular formula is C23H39N7O3. The molecule has 1 aliphatic rings. The first-order chi connectivity index (χ1) is 15.6. The van der Waals surface area contributed by atoms with Crippen LogP contribution in [0.1, 0.15) is 71.9 Å². The first-order valence-corrected chi connectivity index (χ1v) is 11.7. The number of aryl methyl sites for hydroxylation is 1. The molecule has 184 valence electrons. The minimum atomic E-state index is -1.000. The molecule has 1 aromatic rings. The van der Waals surface area contributed by atoms with Crippen molar-refractivity contribution in [3.05, 3.63) is 17.5 Å². The highest BCUT2D eigenvalue weighted by molar-refractivity contribution is 6.05. The molecule has 2 amide bonds. The second-order valence-electron chi connectivity index (χ2n) is 9.58. The van der Waals surface area contributed by atoms with E-state index in [1.807, 2.05) is 13.1 Å². The van der Waals surface area contributed by atoms with E-state index in [9.17, 15) is 9.59 Å². The molecule has 2 rings (SSSR count). The fourth-order valence-corrected chi connectivity index (χ4v) is 3.46. The highest BCUT2D eigenvalue weighted by atomic mass is 16.4. The third-order valence-corrected chi connectivity index (χ3v) is 5.20. The summed E-state index contributed by atoms with van der Waals surface area (Å²) >= 11 is 0. The summed E-state index contributed by atoms with van der Waals surface area (Å²) in [5.74, 6) is 0.288. The van der Waals surface area contributed by atoms with Gasteiger partial charge >= 0.3 is 6.09 Å². The largest absolute Gasteiger partial charge is 0.465 e. The summed E-state index contributed by atoms with van der Waals surface area (Å²) in [6, 6.07) is 0. The molecule has 0 saturated heterocycles. The number of hydrogen-bond donors (Lipinski definition) is 4. The van der Waals surface area contributed by atoms with E-state index in [0.29, 0.717) is 49.0 Å². The lowest BCUT2D eigenvalue weighted by atomic mass is 9.92. The van der Waals surface area contributed by atoms with Crippen LogP contribution in [0, 0.1) is 5.41 Å². The van der Waals surface area contributed by atoms with Crippen LogP contribution in [-0.2, 0) is 11.3 Å². The van der Waals surface area contributed by atoms with E-state index in [1.54, 1.807) is 15.8 Å². The average molecular weight is 462 g/mol. The SMILES string of the molecule is CCCN(NCCC(C)(C)C)C(=O)C1=Cc2nn(CCCCCNC(=O)O)cc2N=C(N)C1. The number of nitrogens with two attached hydrogens (primary N) is 1. The predicted octanol–water partition coefficient (Wildman–Crippen LogP) is 3.28. The quantitative estimate of drug-likeness (QED) is 0.278. The monoisotopic (exact) mass is 461 g/mol. The number of unbranched alkanes of at least 4 members (excludes halogenated alkanes) is 2. The number of carbonyl (C=O) groups is 2. The molecule has 0 radical (unpaired) electrons. The molecule has 0 unspecified atom stereocenters. The summed E-state index contributed by atoms with van der Waals surface area (Å²) in [6.45, 7) is 11.0. The Bertz CT molecular complexity index is 868. The molecule has 1 aliphatic heterocycles. The van der Waals surface area contributed by atoms with Gasteiger partial charge in [0.1, 0.15) is 17.2 Å². The van der Waals surface area contributed by atoms with Crippen LogP contribution in [0.3, 0.4) is 0 Å². The Morgan fingerprint density at radius 1 is 1.24 bits per heavy atom. The fraction of sp³-hybridized carbons (Fsp3) is 0.652. The highest BCUT2D eigenvalue weighted by Crippen LogP contribution is 2.26. The van der Waals surface area contributed by atoms with Crippen LogP contribution in [0.4, 0.5) is 10.5 Å². The molecule has 2 heterocycles. The van der Waals surface area contributed by atoms with E-state index in [1.165, 1.54) is 0 Å². The van der Waals surface area contributed by atoms with Gasteiger partial charge in [-0.2, -0.15) is 5.10 Å². The number of amides is 2. The molecule has 0 atom stereocenters. The van der Waals surface area contributed by atoms with Crippen molar-refractivity contribution < 1.29 is 14.7 Å². The molecule has 0 bridgehead atoms. The van der Waals surface area contributed by atoms with Crippen molar-refractivity contribution in [2.45, 2.75) is 72.8 Å². The van der Waals surface area contributed by atoms with Gasteiger partial charge in [0.05, 0.1) is 6.20 Å². The van der Waals surface area contributed by atoms with Gasteiger partial charge in [-0.25, -0.2) is 15.2 Å². The maximum atomic E-state index is 13.3. The molecule has 0 saturated carbocycles. The minimum absolute atomic E-state index is 0.0998. The number of fused-ring (bicyclic) bond motifs is 1. The molecule has 0 fully saturated rings. The molecule has 0 aliphatic carbocycles. The number of nitrogens with one attached hydrogen (secondary N) is 2. The van der Waals surface area contributed by atoms with Gasteiger partial charge in [0.25, 0.3) is 5.91 Å². The first-order valence-electron chi connectivity index (χ1n) is 11.7. The second kappa shape index (κ2) is 12.4. The standard InChI is InChI=1S/C23H39N7O3/c1-5-12-30(26-11-9-23(2,3)4)21(31)17-14-18-19(27-20(24)15-17)16-29(28-18)13-8-6-7-10-25-22(32)33/h14,16,25-26H,5-13,15H2,1-4H3,(H2,24,27)(H,32,33). The molecule has 0 aromatic carbocycles. The predicted molar refractivity (Wildman–Crippen MR) is 130 cm³/mol. The third kappa shape index (κ3) is 9.25. The van der Waals surface area contributed by atoms with Crippen LogP contribution >= 0.6 is 0 Å². The van der Waals surface area contributed by atoms with Crippen LogP contribution in [0.2, 0.25) is 0 Å². The van der Waals surface area contributed by atoms with Crippen LogP contribution < -0.4 is 16.5 Å².